The van der Waals surface area contributed by atoms with Gasteiger partial charge in [0.2, 0.25) is 0 Å². The predicted molar refractivity (Wildman–Crippen MR) is 234 cm³/mol. The summed E-state index contributed by atoms with van der Waals surface area (Å²) in [5, 5.41) is 23.8. The van der Waals surface area contributed by atoms with Crippen LogP contribution in [0.2, 0.25) is 0 Å². The van der Waals surface area contributed by atoms with Gasteiger partial charge in [0.1, 0.15) is 0 Å². The van der Waals surface area contributed by atoms with Crippen molar-refractivity contribution in [2.45, 2.75) is 41.5 Å². The van der Waals surface area contributed by atoms with Gasteiger partial charge in [-0.15, -0.1) is 0 Å². The van der Waals surface area contributed by atoms with Gasteiger partial charge in [-0.05, 0) is 67.8 Å². The van der Waals surface area contributed by atoms with Crippen molar-refractivity contribution in [3.8, 4) is 0 Å². The van der Waals surface area contributed by atoms with Crippen LogP contribution in [0.15, 0.2) is 212 Å². The fourth-order valence-corrected chi connectivity index (χ4v) is 4.11. The second-order valence-corrected chi connectivity index (χ2v) is 10.8. The highest BCUT2D eigenvalue weighted by atomic mass is 16.4. The topological polar surface area (TPSA) is 64.5 Å². The molecule has 5 heteroatoms. The van der Waals surface area contributed by atoms with Crippen molar-refractivity contribution in [1.82, 2.24) is 0 Å². The lowest BCUT2D eigenvalue weighted by atomic mass is 9.81. The van der Waals surface area contributed by atoms with Gasteiger partial charge in [0.15, 0.2) is 0 Å². The standard InChI is InChI=1S/2C12H11N.2C7H8.C6H7BO2.2C2H6/c2*1-3-7-11(8-4-1)13-12-9-5-2-6-10-12;2*1-7-5-3-2-4-6-7;8-7(9)6-4-2-1-3-5-6;2*1-2/h2*1-10,13H;2*2-6H,1H3;1-5,8-9H;2*1-2H3. The zero-order valence-corrected chi connectivity index (χ0v) is 32.2. The molecule has 4 N–H and O–H groups in total. The second-order valence-electron chi connectivity index (χ2n) is 10.8. The van der Waals surface area contributed by atoms with Crippen LogP contribution >= 0.6 is 0 Å². The number of anilines is 4. The van der Waals surface area contributed by atoms with E-state index in [1.54, 1.807) is 24.3 Å². The van der Waals surface area contributed by atoms with Gasteiger partial charge in [-0.25, -0.2) is 0 Å². The number of hydrogen-bond donors (Lipinski definition) is 4. The maximum absolute atomic E-state index is 8.58. The molecule has 53 heavy (non-hydrogen) atoms. The third-order valence-corrected chi connectivity index (χ3v) is 6.65. The molecule has 0 heterocycles. The zero-order chi connectivity index (χ0) is 38.8. The quantitative estimate of drug-likeness (QED) is 0.135. The summed E-state index contributed by atoms with van der Waals surface area (Å²) in [5.74, 6) is 0. The first-order chi connectivity index (χ1) is 26.0. The van der Waals surface area contributed by atoms with E-state index in [4.69, 9.17) is 10.0 Å². The lowest BCUT2D eigenvalue weighted by molar-refractivity contribution is 0.426. The van der Waals surface area contributed by atoms with Crippen LogP contribution in [0, 0.1) is 13.8 Å². The molecule has 7 aromatic rings. The highest BCUT2D eigenvalue weighted by molar-refractivity contribution is 6.58. The Bertz CT molecular complexity index is 1570. The largest absolute Gasteiger partial charge is 0.488 e. The summed E-state index contributed by atoms with van der Waals surface area (Å²) in [7, 11) is -1.34. The number of para-hydroxylation sites is 4. The minimum Gasteiger partial charge on any atom is -0.423 e. The summed E-state index contributed by atoms with van der Waals surface area (Å²) in [5.41, 5.74) is 7.65. The monoisotopic (exact) mass is 704 g/mol. The molecule has 7 aromatic carbocycles. The summed E-state index contributed by atoms with van der Waals surface area (Å²) in [6, 6.07) is 69.8. The molecule has 274 valence electrons. The summed E-state index contributed by atoms with van der Waals surface area (Å²) in [6.07, 6.45) is 0. The molecule has 0 spiro atoms. The van der Waals surface area contributed by atoms with Gasteiger partial charge in [-0.1, -0.05) is 203 Å². The highest BCUT2D eigenvalue weighted by Crippen LogP contribution is 2.15. The molecule has 0 bridgehead atoms. The van der Waals surface area contributed by atoms with Crippen LogP contribution in [0.5, 0.6) is 0 Å². The van der Waals surface area contributed by atoms with Gasteiger partial charge in [0.05, 0.1) is 0 Å². The van der Waals surface area contributed by atoms with Crippen LogP contribution in [0.3, 0.4) is 0 Å². The molecular formula is C48H57BN2O2. The Morgan fingerprint density at radius 2 is 0.491 bits per heavy atom. The number of aryl methyl sites for hydroxylation is 2. The maximum atomic E-state index is 8.58. The van der Waals surface area contributed by atoms with E-state index in [-0.39, 0.29) is 0 Å². The Balaban J connectivity index is 0.000000331. The molecule has 7 rings (SSSR count). The normalized spacial score (nSPS) is 8.75. The summed E-state index contributed by atoms with van der Waals surface area (Å²) < 4.78 is 0. The molecule has 0 aliphatic carbocycles. The van der Waals surface area contributed by atoms with Gasteiger partial charge in [-0.3, -0.25) is 0 Å². The van der Waals surface area contributed by atoms with Crippen LogP contribution < -0.4 is 16.1 Å². The van der Waals surface area contributed by atoms with Crippen molar-refractivity contribution in [2.24, 2.45) is 0 Å². The zero-order valence-electron chi connectivity index (χ0n) is 32.2. The second kappa shape index (κ2) is 30.9. The Kier molecular flexibility index (Phi) is 26.3. The average Bonchev–Trinajstić information content (AvgIpc) is 3.23. The Labute approximate surface area is 320 Å². The van der Waals surface area contributed by atoms with Crippen molar-refractivity contribution in [1.29, 1.82) is 0 Å². The summed E-state index contributed by atoms with van der Waals surface area (Å²) >= 11 is 0. The predicted octanol–water partition coefficient (Wildman–Crippen LogP) is 12.3. The molecule has 4 nitrogen and oxygen atoms in total. The number of hydrogen-bond acceptors (Lipinski definition) is 4. The van der Waals surface area contributed by atoms with Gasteiger partial charge in [0, 0.05) is 22.7 Å². The fourth-order valence-electron chi connectivity index (χ4n) is 4.11. The first kappa shape index (κ1) is 45.1. The van der Waals surface area contributed by atoms with Crippen LogP contribution in [0.4, 0.5) is 22.7 Å². The molecule has 0 unspecified atom stereocenters. The molecule has 0 amide bonds. The van der Waals surface area contributed by atoms with E-state index in [0.29, 0.717) is 5.46 Å². The van der Waals surface area contributed by atoms with Gasteiger partial charge in [-0.2, -0.15) is 0 Å². The third kappa shape index (κ3) is 23.3. The van der Waals surface area contributed by atoms with Crippen LogP contribution in [-0.4, -0.2) is 17.2 Å². The number of benzene rings is 7. The molecule has 0 aliphatic rings. The SMILES string of the molecule is CC.CC.Cc1ccccc1.Cc1ccccc1.OB(O)c1ccccc1.c1ccc(Nc2ccccc2)cc1.c1ccc(Nc2ccccc2)cc1. The highest BCUT2D eigenvalue weighted by Gasteiger charge is 2.07. The lowest BCUT2D eigenvalue weighted by Gasteiger charge is -2.04. The molecule has 0 saturated heterocycles. The Morgan fingerprint density at radius 1 is 0.302 bits per heavy atom. The Morgan fingerprint density at radius 3 is 0.642 bits per heavy atom. The Hall–Kier alpha value is -5.88. The van der Waals surface area contributed by atoms with Crippen molar-refractivity contribution in [3.63, 3.8) is 0 Å². The minimum atomic E-state index is -1.34. The van der Waals surface area contributed by atoms with E-state index in [2.05, 4.69) is 48.7 Å². The van der Waals surface area contributed by atoms with Gasteiger partial charge < -0.3 is 20.7 Å². The minimum absolute atomic E-state index is 0.525. The fraction of sp³-hybridized carbons (Fsp3) is 0.125. The van der Waals surface area contributed by atoms with Crippen molar-refractivity contribution >= 4 is 35.3 Å². The molecule has 0 atom stereocenters. The first-order valence-electron chi connectivity index (χ1n) is 18.2. The summed E-state index contributed by atoms with van der Waals surface area (Å²) in [4.78, 5) is 0. The molecule has 0 aromatic heterocycles. The van der Waals surface area contributed by atoms with E-state index in [1.807, 2.05) is 191 Å². The third-order valence-electron chi connectivity index (χ3n) is 6.65. The van der Waals surface area contributed by atoms with Crippen LogP contribution in [0.25, 0.3) is 0 Å². The molecular weight excluding hydrogens is 647 g/mol. The van der Waals surface area contributed by atoms with E-state index < -0.39 is 7.12 Å². The van der Waals surface area contributed by atoms with Crippen molar-refractivity contribution < 1.29 is 10.0 Å². The number of nitrogens with one attached hydrogen (secondary N) is 2. The van der Waals surface area contributed by atoms with E-state index >= 15 is 0 Å². The van der Waals surface area contributed by atoms with Crippen LogP contribution in [0.1, 0.15) is 38.8 Å². The molecule has 0 radical (unpaired) electrons. The molecule has 0 aliphatic heterocycles. The smallest absolute Gasteiger partial charge is 0.423 e. The van der Waals surface area contributed by atoms with E-state index in [0.717, 1.165) is 22.7 Å². The maximum Gasteiger partial charge on any atom is 0.488 e. The van der Waals surface area contributed by atoms with Gasteiger partial charge >= 0.3 is 7.12 Å². The van der Waals surface area contributed by atoms with E-state index in [1.165, 1.54) is 11.1 Å². The van der Waals surface area contributed by atoms with Crippen molar-refractivity contribution in [2.75, 3.05) is 10.6 Å². The van der Waals surface area contributed by atoms with Gasteiger partial charge in [0.25, 0.3) is 0 Å². The van der Waals surface area contributed by atoms with E-state index in [9.17, 15) is 0 Å². The summed E-state index contributed by atoms with van der Waals surface area (Å²) in [6.45, 7) is 12.2. The molecule has 0 saturated carbocycles. The molecule has 0 fully saturated rings. The number of rotatable bonds is 5. The average molecular weight is 705 g/mol. The first-order valence-corrected chi connectivity index (χ1v) is 18.2. The lowest BCUT2D eigenvalue weighted by Crippen LogP contribution is -2.29. The van der Waals surface area contributed by atoms with Crippen LogP contribution in [-0.2, 0) is 0 Å². The van der Waals surface area contributed by atoms with Crippen molar-refractivity contribution in [3.05, 3.63) is 223 Å².